The fraction of sp³-hybridized carbons (Fsp3) is 0. The molecule has 0 saturated carbocycles. The third-order valence-corrected chi connectivity index (χ3v) is 0. The zero-order valence-corrected chi connectivity index (χ0v) is 7.62. The molecule has 0 aromatic rings. The van der Waals surface area contributed by atoms with Gasteiger partial charge in [0.2, 0.25) is 0 Å². The van der Waals surface area contributed by atoms with E-state index < -0.39 is 15.0 Å². The van der Waals surface area contributed by atoms with Crippen molar-refractivity contribution in [3.63, 3.8) is 0 Å². The van der Waals surface area contributed by atoms with Crippen molar-refractivity contribution in [2.45, 2.75) is 0 Å². The fourth-order valence-electron chi connectivity index (χ4n) is 0. The second-order valence-corrected chi connectivity index (χ2v) is 0.251. The summed E-state index contributed by atoms with van der Waals surface area (Å²) in [6.45, 7) is 0. The molecule has 1 N–H and O–H groups in total. The Labute approximate surface area is 61.2 Å². The maximum atomic E-state index is 8.45. The Balaban J connectivity index is -0.0000000275. The van der Waals surface area contributed by atoms with Crippen molar-refractivity contribution in [2.75, 3.05) is 0 Å². The van der Waals surface area contributed by atoms with E-state index in [1.54, 1.807) is 0 Å². The molecule has 0 aliphatic heterocycles. The van der Waals surface area contributed by atoms with Gasteiger partial charge in [-0.3, -0.25) is 0 Å². The van der Waals surface area contributed by atoms with Crippen LogP contribution < -0.4 is 0 Å². The third kappa shape index (κ3) is 64.8. The Kier molecular flexibility index (Phi) is 91.2. The normalized spacial score (nSPS) is 4.50. The zero-order chi connectivity index (χ0) is 4.71. The van der Waals surface area contributed by atoms with Crippen LogP contribution in [-0.4, -0.2) is 4.22 Å². The molecule has 0 amide bonds. The summed E-state index contributed by atoms with van der Waals surface area (Å²) in [5.41, 5.74) is 0. The van der Waals surface area contributed by atoms with Crippen molar-refractivity contribution in [1.29, 1.82) is 0 Å². The van der Waals surface area contributed by atoms with Gasteiger partial charge in [-0.2, -0.15) is 0 Å². The topological polar surface area (TPSA) is 54.4 Å². The van der Waals surface area contributed by atoms with Crippen LogP contribution in [0.25, 0.3) is 0 Å². The Hall–Kier alpha value is 1.18. The summed E-state index contributed by atoms with van der Waals surface area (Å²) >= 11 is -0.688. The van der Waals surface area contributed by atoms with E-state index in [4.69, 9.17) is 11.7 Å². The standard InChI is InChI=1S/Co.Ni.H2O.2O.Zn/h;;1H2;;;/q+1;;;;;/p-1. The van der Waals surface area contributed by atoms with Crippen LogP contribution in [0.2, 0.25) is 0 Å². The van der Waals surface area contributed by atoms with E-state index in [1.165, 1.54) is 0 Å². The van der Waals surface area contributed by atoms with Crippen molar-refractivity contribution >= 4 is 0 Å². The molecule has 0 bridgehead atoms. The number of rotatable bonds is 0. The molecule has 0 rings (SSSR count). The Morgan fingerprint density at radius 3 is 1.50 bits per heavy atom. The van der Waals surface area contributed by atoms with Gasteiger partial charge in [0.1, 0.15) is 0 Å². The first-order valence-electron chi connectivity index (χ1n) is 0.574. The summed E-state index contributed by atoms with van der Waals surface area (Å²) in [5, 5.41) is 0. The molecule has 0 aromatic heterocycles. The Morgan fingerprint density at radius 2 is 1.50 bits per heavy atom. The predicted molar refractivity (Wildman–Crippen MR) is 3.59 cm³/mol. The molecule has 0 unspecified atom stereocenters. The van der Waals surface area contributed by atoms with E-state index in [2.05, 4.69) is 0 Å². The second kappa shape index (κ2) is 34.8. The van der Waals surface area contributed by atoms with Gasteiger partial charge >= 0.3 is 44.9 Å². The van der Waals surface area contributed by atoms with Crippen LogP contribution in [0.15, 0.2) is 0 Å². The summed E-state index contributed by atoms with van der Waals surface area (Å²) in [4.78, 5) is 0. The third-order valence-electron chi connectivity index (χ3n) is 0. The van der Waals surface area contributed by atoms with Crippen molar-refractivity contribution in [1.82, 2.24) is 0 Å². The molecule has 0 aliphatic rings. The van der Waals surface area contributed by atoms with Crippen LogP contribution in [0.5, 0.6) is 0 Å². The van der Waals surface area contributed by atoms with Crippen molar-refractivity contribution in [3.8, 4) is 0 Å². The molecule has 3 nitrogen and oxygen atoms in total. The number of hydrogen-bond acceptors (Lipinski definition) is 2. The first kappa shape index (κ1) is 15.7. The summed E-state index contributed by atoms with van der Waals surface area (Å²) in [6.07, 6.45) is 0. The summed E-state index contributed by atoms with van der Waals surface area (Å²) < 4.78 is 23.8. The molecule has 6 heteroatoms. The molecule has 0 atom stereocenters. The van der Waals surface area contributed by atoms with E-state index in [0.717, 1.165) is 0 Å². The van der Waals surface area contributed by atoms with Gasteiger partial charge in [0.05, 0.1) is 0 Å². The monoisotopic (exact) mass is 230 g/mol. The molecule has 0 radical (unpaired) electrons. The molecule has 40 valence electrons. The van der Waals surface area contributed by atoms with Gasteiger partial charge in [0, 0.05) is 16.5 Å². The molecule has 0 aliphatic carbocycles. The maximum absolute atomic E-state index is 8.45. The van der Waals surface area contributed by atoms with Gasteiger partial charge in [0.15, 0.2) is 0 Å². The summed E-state index contributed by atoms with van der Waals surface area (Å²) in [5.74, 6) is 0. The van der Waals surface area contributed by atoms with E-state index in [-0.39, 0.29) is 34.7 Å². The SMILES string of the molecule is [Ni].[O]=[Co][OH].[O]=[Zn]. The van der Waals surface area contributed by atoms with Crippen LogP contribution in [0.1, 0.15) is 0 Å². The van der Waals surface area contributed by atoms with Crippen LogP contribution >= 0.6 is 0 Å². The minimum atomic E-state index is -0.812. The van der Waals surface area contributed by atoms with Crippen molar-refractivity contribution < 1.29 is 61.4 Å². The second-order valence-electron chi connectivity index (χ2n) is 0.0609. The van der Waals surface area contributed by atoms with Gasteiger partial charge < -0.3 is 0 Å². The molecule has 0 fully saturated rings. The molecule has 0 aromatic carbocycles. The summed E-state index contributed by atoms with van der Waals surface area (Å²) in [6, 6.07) is 0. The van der Waals surface area contributed by atoms with Crippen molar-refractivity contribution in [2.24, 2.45) is 0 Å². The molecular formula is HCoNiO3Zn. The van der Waals surface area contributed by atoms with E-state index >= 15 is 0 Å². The first-order chi connectivity index (χ1) is 2.41. The summed E-state index contributed by atoms with van der Waals surface area (Å²) in [7, 11) is 0. The predicted octanol–water partition coefficient (Wildman–Crippen LogP) is -0.802. The van der Waals surface area contributed by atoms with Gasteiger partial charge in [-0.05, 0) is 0 Å². The molecular weight excluding hydrogens is 231 g/mol. The van der Waals surface area contributed by atoms with Gasteiger partial charge in [-0.15, -0.1) is 0 Å². The van der Waals surface area contributed by atoms with Crippen LogP contribution in [-0.2, 0) is 57.1 Å². The number of hydrogen-bond donors (Lipinski definition) is 1. The van der Waals surface area contributed by atoms with E-state index in [0.29, 0.717) is 0 Å². The average Bonchev–Trinajstić information content (AvgIpc) is 1.46. The fourth-order valence-corrected chi connectivity index (χ4v) is 0. The Morgan fingerprint density at radius 1 is 1.50 bits per heavy atom. The molecule has 0 saturated heterocycles. The van der Waals surface area contributed by atoms with E-state index in [9.17, 15) is 0 Å². The molecule has 6 heavy (non-hydrogen) atoms. The Bertz CT molecular complexity index is 24.8. The minimum absolute atomic E-state index is 0. The van der Waals surface area contributed by atoms with E-state index in [1.807, 2.05) is 0 Å². The quantitative estimate of drug-likeness (QED) is 0.556. The molecule has 0 heterocycles. The van der Waals surface area contributed by atoms with Gasteiger partial charge in [0.25, 0.3) is 0 Å². The average molecular weight is 232 g/mol. The zero-order valence-electron chi connectivity index (χ0n) is 2.62. The van der Waals surface area contributed by atoms with Crippen LogP contribution in [0, 0.1) is 0 Å². The first-order valence-corrected chi connectivity index (χ1v) is 2.68. The van der Waals surface area contributed by atoms with Crippen LogP contribution in [0.3, 0.4) is 0 Å². The van der Waals surface area contributed by atoms with Crippen LogP contribution in [0.4, 0.5) is 0 Å². The molecule has 0 spiro atoms. The van der Waals surface area contributed by atoms with Crippen molar-refractivity contribution in [3.05, 3.63) is 0 Å². The van der Waals surface area contributed by atoms with Gasteiger partial charge in [-0.25, -0.2) is 0 Å². The van der Waals surface area contributed by atoms with Gasteiger partial charge in [-0.1, -0.05) is 0 Å².